The van der Waals surface area contributed by atoms with Crippen LogP contribution in [-0.2, 0) is 9.53 Å². The van der Waals surface area contributed by atoms with Crippen LogP contribution in [0, 0.1) is 11.7 Å². The van der Waals surface area contributed by atoms with Gasteiger partial charge < -0.3 is 14.5 Å². The van der Waals surface area contributed by atoms with Crippen LogP contribution in [0.2, 0.25) is 0 Å². The number of carbonyl (C=O) groups excluding carboxylic acids is 2. The number of anilines is 1. The zero-order chi connectivity index (χ0) is 19.6. The van der Waals surface area contributed by atoms with Gasteiger partial charge in [-0.1, -0.05) is 26.0 Å². The minimum Gasteiger partial charge on any atom is -0.450 e. The summed E-state index contributed by atoms with van der Waals surface area (Å²) < 4.78 is 19.4. The lowest BCUT2D eigenvalue weighted by molar-refractivity contribution is -0.119. The van der Waals surface area contributed by atoms with Crippen molar-refractivity contribution in [1.29, 1.82) is 0 Å². The van der Waals surface area contributed by atoms with Crippen LogP contribution < -0.4 is 4.90 Å². The van der Waals surface area contributed by atoms with E-state index >= 15 is 0 Å². The van der Waals surface area contributed by atoms with E-state index in [4.69, 9.17) is 4.74 Å². The second kappa shape index (κ2) is 7.94. The molecule has 0 saturated carbocycles. The monoisotopic (exact) mass is 376 g/mol. The molecule has 1 saturated heterocycles. The highest BCUT2D eigenvalue weighted by atomic mass is 19.1. The summed E-state index contributed by atoms with van der Waals surface area (Å²) in [7, 11) is 0. The maximum atomic E-state index is 14.4. The molecule has 0 aromatic heterocycles. The number of carbonyl (C=O) groups is 2. The molecule has 27 heavy (non-hydrogen) atoms. The van der Waals surface area contributed by atoms with Crippen molar-refractivity contribution in [2.45, 2.75) is 26.8 Å². The lowest BCUT2D eigenvalue weighted by Crippen LogP contribution is -2.54. The number of rotatable bonds is 3. The Morgan fingerprint density at radius 3 is 2.52 bits per heavy atom. The first-order valence-corrected chi connectivity index (χ1v) is 9.27. The van der Waals surface area contributed by atoms with Gasteiger partial charge in [0, 0.05) is 26.2 Å². The molecule has 1 aromatic rings. The molecule has 0 unspecified atom stereocenters. The summed E-state index contributed by atoms with van der Waals surface area (Å²) in [6.07, 6.45) is -0.340. The van der Waals surface area contributed by atoms with Crippen LogP contribution in [0.15, 0.2) is 29.3 Å². The van der Waals surface area contributed by atoms with Crippen molar-refractivity contribution in [3.05, 3.63) is 30.1 Å². The zero-order valence-corrected chi connectivity index (χ0v) is 15.9. The zero-order valence-electron chi connectivity index (χ0n) is 15.9. The summed E-state index contributed by atoms with van der Waals surface area (Å²) in [5, 5.41) is 0. The number of hydrogen-bond donors (Lipinski definition) is 0. The molecule has 1 aromatic carbocycles. The van der Waals surface area contributed by atoms with Gasteiger partial charge in [-0.05, 0) is 25.0 Å². The average molecular weight is 376 g/mol. The van der Waals surface area contributed by atoms with Crippen LogP contribution in [-0.4, -0.2) is 66.6 Å². The number of hydrogen-bond acceptors (Lipinski definition) is 5. The molecule has 0 bridgehead atoms. The van der Waals surface area contributed by atoms with Gasteiger partial charge >= 0.3 is 6.09 Å². The minimum absolute atomic E-state index is 0.00472. The molecular weight excluding hydrogens is 351 g/mol. The van der Waals surface area contributed by atoms with Crippen LogP contribution in [0.25, 0.3) is 0 Å². The fourth-order valence-electron chi connectivity index (χ4n) is 3.29. The number of ether oxygens (including phenoxy) is 1. The van der Waals surface area contributed by atoms with Gasteiger partial charge in [-0.2, -0.15) is 0 Å². The fourth-order valence-corrected chi connectivity index (χ4v) is 3.29. The smallest absolute Gasteiger partial charge is 0.409 e. The number of aliphatic imine (C=N–C) groups is 1. The van der Waals surface area contributed by atoms with E-state index in [0.29, 0.717) is 38.7 Å². The Morgan fingerprint density at radius 1 is 1.26 bits per heavy atom. The Hall–Kier alpha value is -2.64. The van der Waals surface area contributed by atoms with Crippen molar-refractivity contribution in [3.63, 3.8) is 0 Å². The molecule has 8 heteroatoms. The van der Waals surface area contributed by atoms with Crippen molar-refractivity contribution >= 4 is 23.6 Å². The molecule has 2 amide bonds. The van der Waals surface area contributed by atoms with E-state index in [1.54, 1.807) is 30.0 Å². The van der Waals surface area contributed by atoms with E-state index in [-0.39, 0.29) is 23.6 Å². The number of guanidine groups is 1. The van der Waals surface area contributed by atoms with Crippen LogP contribution in [0.4, 0.5) is 14.9 Å². The molecule has 0 N–H and O–H groups in total. The van der Waals surface area contributed by atoms with E-state index in [1.807, 2.05) is 18.7 Å². The Bertz CT molecular complexity index is 744. The second-order valence-corrected chi connectivity index (χ2v) is 6.92. The summed E-state index contributed by atoms with van der Waals surface area (Å²) in [5.74, 6) is -0.233. The highest BCUT2D eigenvalue weighted by Gasteiger charge is 2.41. The van der Waals surface area contributed by atoms with E-state index in [1.165, 1.54) is 11.0 Å². The molecule has 2 aliphatic heterocycles. The molecule has 146 valence electrons. The lowest BCUT2D eigenvalue weighted by atomic mass is 10.0. The van der Waals surface area contributed by atoms with Gasteiger partial charge in [-0.15, -0.1) is 0 Å². The Labute approximate surface area is 158 Å². The molecular formula is C19H25FN4O3. The molecule has 2 heterocycles. The van der Waals surface area contributed by atoms with E-state index in [2.05, 4.69) is 4.99 Å². The van der Waals surface area contributed by atoms with Crippen molar-refractivity contribution in [3.8, 4) is 0 Å². The predicted octanol–water partition coefficient (Wildman–Crippen LogP) is 2.33. The number of benzene rings is 1. The van der Waals surface area contributed by atoms with Crippen molar-refractivity contribution in [1.82, 2.24) is 9.80 Å². The number of amides is 2. The Morgan fingerprint density at radius 2 is 1.93 bits per heavy atom. The summed E-state index contributed by atoms with van der Waals surface area (Å²) in [6.45, 7) is 7.87. The van der Waals surface area contributed by atoms with Crippen LogP contribution in [0.1, 0.15) is 20.8 Å². The molecule has 2 aliphatic rings. The first kappa shape index (κ1) is 19.1. The maximum absolute atomic E-state index is 14.4. The quantitative estimate of drug-likeness (QED) is 0.812. The molecule has 3 rings (SSSR count). The predicted molar refractivity (Wildman–Crippen MR) is 100 cm³/mol. The van der Waals surface area contributed by atoms with E-state index in [9.17, 15) is 14.0 Å². The van der Waals surface area contributed by atoms with Gasteiger partial charge in [0.1, 0.15) is 11.9 Å². The van der Waals surface area contributed by atoms with Gasteiger partial charge in [0.15, 0.2) is 0 Å². The summed E-state index contributed by atoms with van der Waals surface area (Å²) in [5.41, 5.74) is 0.206. The Balaban J connectivity index is 1.83. The first-order chi connectivity index (χ1) is 12.9. The van der Waals surface area contributed by atoms with Crippen molar-refractivity contribution < 1.29 is 18.7 Å². The number of nitrogens with zero attached hydrogens (tertiary/aromatic N) is 4. The third-order valence-corrected chi connectivity index (χ3v) is 4.74. The van der Waals surface area contributed by atoms with E-state index < -0.39 is 11.9 Å². The molecule has 0 radical (unpaired) electrons. The summed E-state index contributed by atoms with van der Waals surface area (Å²) >= 11 is 0. The molecule has 7 nitrogen and oxygen atoms in total. The summed E-state index contributed by atoms with van der Waals surface area (Å²) in [6, 6.07) is 5.67. The van der Waals surface area contributed by atoms with Gasteiger partial charge in [0.2, 0.25) is 5.96 Å². The fraction of sp³-hybridized carbons (Fsp3) is 0.526. The van der Waals surface area contributed by atoms with Crippen molar-refractivity contribution in [2.24, 2.45) is 10.9 Å². The average Bonchev–Trinajstić information content (AvgIpc) is 3.00. The largest absolute Gasteiger partial charge is 0.450 e. The third kappa shape index (κ3) is 3.74. The third-order valence-electron chi connectivity index (χ3n) is 4.74. The minimum atomic E-state index is -0.539. The highest BCUT2D eigenvalue weighted by Crippen LogP contribution is 2.28. The summed E-state index contributed by atoms with van der Waals surface area (Å²) in [4.78, 5) is 34.4. The first-order valence-electron chi connectivity index (χ1n) is 9.27. The number of piperazine rings is 1. The van der Waals surface area contributed by atoms with Crippen LogP contribution in [0.3, 0.4) is 0 Å². The lowest BCUT2D eigenvalue weighted by Gasteiger charge is -2.37. The van der Waals surface area contributed by atoms with Crippen LogP contribution in [0.5, 0.6) is 0 Å². The van der Waals surface area contributed by atoms with Gasteiger partial charge in [0.05, 0.1) is 12.3 Å². The molecule has 1 atom stereocenters. The molecule has 0 aliphatic carbocycles. The normalized spacial score (nSPS) is 20.3. The van der Waals surface area contributed by atoms with Gasteiger partial charge in [0.25, 0.3) is 5.91 Å². The number of halogens is 1. The standard InChI is InChI=1S/C19H25FN4O3/c1-4-27-19(26)23-11-9-22(10-12-23)18-21-16(13(2)3)17(25)24(18)15-8-6-5-7-14(15)20/h5-8,13,16H,4,9-12H2,1-3H3/t16-/m0/s1. The van der Waals surface area contributed by atoms with Gasteiger partial charge in [-0.3, -0.25) is 4.79 Å². The van der Waals surface area contributed by atoms with Crippen LogP contribution >= 0.6 is 0 Å². The SMILES string of the molecule is CCOC(=O)N1CCN(C2=N[C@@H](C(C)C)C(=O)N2c2ccccc2F)CC1. The van der Waals surface area contributed by atoms with Gasteiger partial charge in [-0.25, -0.2) is 19.1 Å². The Kier molecular flexibility index (Phi) is 5.62. The highest BCUT2D eigenvalue weighted by molar-refractivity contribution is 6.22. The topological polar surface area (TPSA) is 65.5 Å². The maximum Gasteiger partial charge on any atom is 0.409 e. The molecule has 1 fully saturated rings. The van der Waals surface area contributed by atoms with E-state index in [0.717, 1.165) is 0 Å². The second-order valence-electron chi connectivity index (χ2n) is 6.92. The number of para-hydroxylation sites is 1. The molecule has 0 spiro atoms. The van der Waals surface area contributed by atoms with Crippen molar-refractivity contribution in [2.75, 3.05) is 37.7 Å².